The van der Waals surface area contributed by atoms with Gasteiger partial charge in [0.05, 0.1) is 9.75 Å². The fourth-order valence-corrected chi connectivity index (χ4v) is 3.88. The highest BCUT2D eigenvalue weighted by Gasteiger charge is 2.20. The topological polar surface area (TPSA) is 29.3 Å². The highest BCUT2D eigenvalue weighted by atomic mass is 35.5. The van der Waals surface area contributed by atoms with E-state index in [4.69, 9.17) is 4.98 Å². The second-order valence-electron chi connectivity index (χ2n) is 7.99. The summed E-state index contributed by atoms with van der Waals surface area (Å²) in [5.41, 5.74) is 3.13. The lowest BCUT2D eigenvalue weighted by molar-refractivity contribution is 0.618. The molecule has 0 unspecified atom stereocenters. The molecule has 1 N–H and O–H groups in total. The molecule has 0 aliphatic rings. The summed E-state index contributed by atoms with van der Waals surface area (Å²) in [6, 6.07) is 15.0. The molecule has 0 saturated carbocycles. The molecule has 6 heteroatoms. The lowest BCUT2D eigenvalue weighted by Crippen LogP contribution is -2.27. The molecule has 0 atom stereocenters. The zero-order chi connectivity index (χ0) is 20.6. The Labute approximate surface area is 186 Å². The molecule has 0 spiro atoms. The number of rotatable bonds is 2. The van der Waals surface area contributed by atoms with Crippen molar-refractivity contribution in [1.82, 2.24) is 9.38 Å². The Hall–Kier alpha value is -2.81. The van der Waals surface area contributed by atoms with Crippen molar-refractivity contribution in [2.24, 2.45) is 0 Å². The minimum Gasteiger partial charge on any atom is -0.365 e. The molecule has 30 heavy (non-hydrogen) atoms. The van der Waals surface area contributed by atoms with Crippen LogP contribution in [0.25, 0.3) is 16.2 Å². The number of halogens is 2. The first kappa shape index (κ1) is 21.9. The van der Waals surface area contributed by atoms with E-state index < -0.39 is 0 Å². The van der Waals surface area contributed by atoms with Gasteiger partial charge in [0, 0.05) is 17.3 Å². The maximum Gasteiger partial charge on any atom is 0.140 e. The highest BCUT2D eigenvalue weighted by Crippen LogP contribution is 2.35. The van der Waals surface area contributed by atoms with Crippen LogP contribution in [0.4, 0.5) is 10.2 Å². The maximum absolute atomic E-state index is 13.4. The van der Waals surface area contributed by atoms with Gasteiger partial charge in [0.1, 0.15) is 23.0 Å². The molecule has 0 radical (unpaired) electrons. The zero-order valence-electron chi connectivity index (χ0n) is 17.3. The molecule has 154 valence electrons. The van der Waals surface area contributed by atoms with Gasteiger partial charge < -0.3 is 5.32 Å². The number of fused-ring (bicyclic) bond motifs is 1. The van der Waals surface area contributed by atoms with Gasteiger partial charge in [-0.3, -0.25) is 4.40 Å². The predicted octanol–water partition coefficient (Wildman–Crippen LogP) is 6.54. The maximum atomic E-state index is 13.4. The van der Waals surface area contributed by atoms with Crippen molar-refractivity contribution in [3.05, 3.63) is 76.5 Å². The van der Waals surface area contributed by atoms with Crippen molar-refractivity contribution < 1.29 is 4.39 Å². The number of nitrogens with zero attached hydrogens (tertiary/aromatic N) is 2. The second-order valence-corrected chi connectivity index (χ2v) is 9.07. The number of hydrogen-bond donors (Lipinski definition) is 1. The molecule has 1 aromatic carbocycles. The van der Waals surface area contributed by atoms with Crippen LogP contribution in [0.2, 0.25) is 0 Å². The summed E-state index contributed by atoms with van der Waals surface area (Å²) in [6.45, 7) is 8.15. The van der Waals surface area contributed by atoms with E-state index in [-0.39, 0.29) is 23.8 Å². The predicted molar refractivity (Wildman–Crippen MR) is 126 cm³/mol. The third kappa shape index (κ3) is 4.67. The molecule has 3 nitrogen and oxygen atoms in total. The van der Waals surface area contributed by atoms with Crippen LogP contribution in [0.5, 0.6) is 0 Å². The molecular weight excluding hydrogens is 417 g/mol. The molecule has 0 aliphatic heterocycles. The lowest BCUT2D eigenvalue weighted by Gasteiger charge is -2.22. The summed E-state index contributed by atoms with van der Waals surface area (Å²) in [6.07, 6.45) is 2.02. The first-order valence-electron chi connectivity index (χ1n) is 9.44. The largest absolute Gasteiger partial charge is 0.365 e. The first-order valence-corrected chi connectivity index (χ1v) is 10.3. The van der Waals surface area contributed by atoms with Crippen molar-refractivity contribution in [3.8, 4) is 22.4 Å². The van der Waals surface area contributed by atoms with Gasteiger partial charge in [0.15, 0.2) is 0 Å². The van der Waals surface area contributed by atoms with Crippen molar-refractivity contribution in [3.63, 3.8) is 0 Å². The van der Waals surface area contributed by atoms with Crippen LogP contribution in [0.3, 0.4) is 0 Å². The number of benzene rings is 1. The Morgan fingerprint density at radius 1 is 1.07 bits per heavy atom. The number of anilines is 1. The van der Waals surface area contributed by atoms with E-state index in [2.05, 4.69) is 48.4 Å². The van der Waals surface area contributed by atoms with Gasteiger partial charge in [-0.15, -0.1) is 23.7 Å². The Kier molecular flexibility index (Phi) is 6.21. The summed E-state index contributed by atoms with van der Waals surface area (Å²) in [5.74, 6) is 7.08. The molecule has 0 saturated heterocycles. The van der Waals surface area contributed by atoms with Crippen LogP contribution in [0.1, 0.15) is 36.8 Å². The Morgan fingerprint density at radius 3 is 2.60 bits per heavy atom. The van der Waals surface area contributed by atoms with Crippen LogP contribution in [0, 0.1) is 24.6 Å². The number of hydrogen-bond acceptors (Lipinski definition) is 3. The summed E-state index contributed by atoms with van der Waals surface area (Å²) in [4.78, 5) is 6.84. The standard InChI is InChI=1S/C24H22FN3S.ClH/c1-16-15-17(9-12-19(16)25)8-10-18-11-13-20(29-18)22-23(27-24(2,3)4)28-14-6-5-7-21(28)26-22;/h5-7,9,11-15,27H,1-4H3;1H. The number of aromatic nitrogens is 2. The number of aryl methyl sites for hydroxylation is 1. The van der Waals surface area contributed by atoms with Crippen LogP contribution in [0.15, 0.2) is 54.7 Å². The number of thiophene rings is 1. The molecule has 0 amide bonds. The minimum atomic E-state index is -0.209. The number of nitrogens with one attached hydrogen (secondary N) is 1. The van der Waals surface area contributed by atoms with Crippen molar-refractivity contribution in [2.45, 2.75) is 33.2 Å². The van der Waals surface area contributed by atoms with E-state index in [0.29, 0.717) is 5.56 Å². The van der Waals surface area contributed by atoms with Gasteiger partial charge in [-0.05, 0) is 75.7 Å². The third-order valence-corrected chi connectivity index (χ3v) is 5.36. The van der Waals surface area contributed by atoms with Crippen LogP contribution < -0.4 is 5.32 Å². The van der Waals surface area contributed by atoms with E-state index in [1.807, 2.05) is 30.5 Å². The minimum absolute atomic E-state index is 0. The van der Waals surface area contributed by atoms with Gasteiger partial charge in [0.2, 0.25) is 0 Å². The van der Waals surface area contributed by atoms with E-state index in [9.17, 15) is 4.39 Å². The summed E-state index contributed by atoms with van der Waals surface area (Å²) in [7, 11) is 0. The monoisotopic (exact) mass is 439 g/mol. The third-order valence-electron chi connectivity index (χ3n) is 4.35. The zero-order valence-corrected chi connectivity index (χ0v) is 18.9. The van der Waals surface area contributed by atoms with Crippen LogP contribution in [-0.2, 0) is 0 Å². The molecule has 0 bridgehead atoms. The molecular formula is C24H23ClFN3S. The quantitative estimate of drug-likeness (QED) is 0.359. The smallest absolute Gasteiger partial charge is 0.140 e. The van der Waals surface area contributed by atoms with Gasteiger partial charge in [-0.25, -0.2) is 9.37 Å². The van der Waals surface area contributed by atoms with Crippen molar-refractivity contribution in [2.75, 3.05) is 5.32 Å². The average Bonchev–Trinajstić information content (AvgIpc) is 3.27. The summed E-state index contributed by atoms with van der Waals surface area (Å²) in [5, 5.41) is 3.59. The molecule has 0 fully saturated rings. The highest BCUT2D eigenvalue weighted by molar-refractivity contribution is 7.16. The molecule has 4 rings (SSSR count). The van der Waals surface area contributed by atoms with Crippen LogP contribution in [-0.4, -0.2) is 14.9 Å². The molecule has 3 aromatic heterocycles. The van der Waals surface area contributed by atoms with E-state index in [1.165, 1.54) is 6.07 Å². The molecule has 0 aliphatic carbocycles. The summed E-state index contributed by atoms with van der Waals surface area (Å²) < 4.78 is 15.5. The van der Waals surface area contributed by atoms with E-state index in [1.54, 1.807) is 30.4 Å². The van der Waals surface area contributed by atoms with E-state index in [0.717, 1.165) is 32.5 Å². The van der Waals surface area contributed by atoms with E-state index >= 15 is 0 Å². The Morgan fingerprint density at radius 2 is 1.87 bits per heavy atom. The van der Waals surface area contributed by atoms with Gasteiger partial charge >= 0.3 is 0 Å². The van der Waals surface area contributed by atoms with Crippen LogP contribution >= 0.6 is 23.7 Å². The fraction of sp³-hybridized carbons (Fsp3) is 0.208. The van der Waals surface area contributed by atoms with Crippen molar-refractivity contribution in [1.29, 1.82) is 0 Å². The average molecular weight is 440 g/mol. The van der Waals surface area contributed by atoms with Crippen molar-refractivity contribution >= 4 is 35.2 Å². The normalized spacial score (nSPS) is 11.0. The summed E-state index contributed by atoms with van der Waals surface area (Å²) >= 11 is 1.60. The van der Waals surface area contributed by atoms with Gasteiger partial charge in [-0.2, -0.15) is 0 Å². The van der Waals surface area contributed by atoms with Gasteiger partial charge in [0.25, 0.3) is 0 Å². The van der Waals surface area contributed by atoms with Gasteiger partial charge in [-0.1, -0.05) is 17.9 Å². The Bertz CT molecular complexity index is 1250. The molecule has 3 heterocycles. The number of pyridine rings is 1. The fourth-order valence-electron chi connectivity index (χ4n) is 3.03. The second kappa shape index (κ2) is 8.51. The molecule has 4 aromatic rings. The lowest BCUT2D eigenvalue weighted by atomic mass is 10.1. The first-order chi connectivity index (χ1) is 13.8. The SMILES string of the molecule is Cc1cc(C#Cc2ccc(-c3nc4ccccn4c3NC(C)(C)C)s2)ccc1F.Cl. The Balaban J connectivity index is 0.00000256. The number of imidazole rings is 1.